The summed E-state index contributed by atoms with van der Waals surface area (Å²) >= 11 is 2.20. The summed E-state index contributed by atoms with van der Waals surface area (Å²) in [6.07, 6.45) is 0. The van der Waals surface area contributed by atoms with Gasteiger partial charge >= 0.3 is 197 Å². The minimum Gasteiger partial charge on any atom is -0.0602 e. The van der Waals surface area contributed by atoms with Gasteiger partial charge in [-0.25, -0.2) is 0 Å². The molecule has 0 aliphatic heterocycles. The SMILES string of the molecule is c1ccc(-n2c3ccccc3c3cc(-c4ccc(N(c5ccc(-c6ccc7c(c6)[se]c6ccccc67)cc5)c5ccc6sc7ccccc7c6c5)cc4)ccc32)cc1. The third kappa shape index (κ3) is 5.45. The number of anilines is 3. The molecule has 12 aromatic rings. The van der Waals surface area contributed by atoms with Gasteiger partial charge in [0.2, 0.25) is 0 Å². The predicted octanol–water partition coefficient (Wildman–Crippen LogP) is 15.3. The molecule has 4 heteroatoms. The zero-order chi connectivity index (χ0) is 38.2. The molecule has 3 aromatic heterocycles. The number of thiophene rings is 1. The molecule has 0 amide bonds. The monoisotopic (exact) mass is 822 g/mol. The molecule has 2 nitrogen and oxygen atoms in total. The number of aromatic nitrogens is 1. The molecule has 0 fully saturated rings. The second-order valence-corrected chi connectivity index (χ2v) is 18.3. The van der Waals surface area contributed by atoms with Crippen molar-refractivity contribution in [1.82, 2.24) is 4.57 Å². The number of para-hydroxylation sites is 2. The second-order valence-electron chi connectivity index (χ2n) is 14.9. The van der Waals surface area contributed by atoms with E-state index in [1.54, 1.807) is 0 Å². The fourth-order valence-electron chi connectivity index (χ4n) is 8.82. The topological polar surface area (TPSA) is 8.17 Å². The van der Waals surface area contributed by atoms with E-state index in [1.165, 1.54) is 89.2 Å². The van der Waals surface area contributed by atoms with Crippen LogP contribution in [-0.4, -0.2) is 19.1 Å². The van der Waals surface area contributed by atoms with Gasteiger partial charge in [0.15, 0.2) is 0 Å². The minimum atomic E-state index is 0.335. The number of benzene rings is 9. The fourth-order valence-corrected chi connectivity index (χ4v) is 12.3. The van der Waals surface area contributed by atoms with Gasteiger partial charge in [-0.2, -0.15) is 0 Å². The number of hydrogen-bond donors (Lipinski definition) is 0. The summed E-state index contributed by atoms with van der Waals surface area (Å²) < 4.78 is 7.94. The van der Waals surface area contributed by atoms with Gasteiger partial charge in [-0.05, 0) is 42.0 Å². The Labute approximate surface area is 345 Å². The van der Waals surface area contributed by atoms with E-state index in [9.17, 15) is 0 Å². The van der Waals surface area contributed by atoms with Crippen LogP contribution in [0.3, 0.4) is 0 Å². The Morgan fingerprint density at radius 3 is 1.71 bits per heavy atom. The summed E-state index contributed by atoms with van der Waals surface area (Å²) in [4.78, 5) is 2.40. The maximum absolute atomic E-state index is 2.41. The Morgan fingerprint density at radius 1 is 0.345 bits per heavy atom. The molecule has 0 N–H and O–H groups in total. The Bertz CT molecular complexity index is 3500. The quantitative estimate of drug-likeness (QED) is 0.152. The van der Waals surface area contributed by atoms with Crippen molar-refractivity contribution in [3.8, 4) is 27.9 Å². The van der Waals surface area contributed by atoms with E-state index >= 15 is 0 Å². The van der Waals surface area contributed by atoms with Gasteiger partial charge < -0.3 is 4.57 Å². The molecule has 12 rings (SSSR count). The van der Waals surface area contributed by atoms with Crippen molar-refractivity contribution >= 4 is 104 Å². The van der Waals surface area contributed by atoms with Crippen LogP contribution in [0.2, 0.25) is 0 Å². The first kappa shape index (κ1) is 33.5. The molecule has 0 saturated heterocycles. The molecule has 0 aliphatic rings. The molecule has 0 atom stereocenters. The van der Waals surface area contributed by atoms with Crippen LogP contribution in [0.25, 0.3) is 89.2 Å². The van der Waals surface area contributed by atoms with Gasteiger partial charge in [0.05, 0.1) is 11.0 Å². The largest absolute Gasteiger partial charge is 0.0602 e. The van der Waals surface area contributed by atoms with E-state index in [0.29, 0.717) is 14.5 Å². The second kappa shape index (κ2) is 13.5. The average Bonchev–Trinajstić information content (AvgIpc) is 3.96. The molecule has 58 heavy (non-hydrogen) atoms. The van der Waals surface area contributed by atoms with Gasteiger partial charge in [-0.15, -0.1) is 11.3 Å². The predicted molar refractivity (Wildman–Crippen MR) is 251 cm³/mol. The molecular formula is C54H34N2SSe. The van der Waals surface area contributed by atoms with Crippen LogP contribution < -0.4 is 4.90 Å². The normalized spacial score (nSPS) is 11.8. The van der Waals surface area contributed by atoms with Crippen molar-refractivity contribution in [2.75, 3.05) is 4.90 Å². The molecule has 0 bridgehead atoms. The van der Waals surface area contributed by atoms with Crippen LogP contribution >= 0.6 is 11.3 Å². The van der Waals surface area contributed by atoms with Crippen molar-refractivity contribution in [2.45, 2.75) is 0 Å². The zero-order valence-electron chi connectivity index (χ0n) is 31.3. The van der Waals surface area contributed by atoms with Gasteiger partial charge in [-0.1, -0.05) is 60.7 Å². The third-order valence-corrected chi connectivity index (χ3v) is 15.1. The first-order valence-corrected chi connectivity index (χ1v) is 22.2. The van der Waals surface area contributed by atoms with Crippen LogP contribution in [0.1, 0.15) is 0 Å². The zero-order valence-corrected chi connectivity index (χ0v) is 33.9. The fraction of sp³-hybridized carbons (Fsp3) is 0. The molecule has 0 spiro atoms. The van der Waals surface area contributed by atoms with Crippen LogP contribution in [0.5, 0.6) is 0 Å². The van der Waals surface area contributed by atoms with Crippen molar-refractivity contribution in [2.24, 2.45) is 0 Å². The van der Waals surface area contributed by atoms with Crippen molar-refractivity contribution in [3.05, 3.63) is 206 Å². The van der Waals surface area contributed by atoms with Crippen molar-refractivity contribution in [1.29, 1.82) is 0 Å². The van der Waals surface area contributed by atoms with Crippen LogP contribution in [0, 0.1) is 0 Å². The molecule has 9 aromatic carbocycles. The smallest absolute Gasteiger partial charge is 0.0541 e. The first-order chi connectivity index (χ1) is 28.7. The van der Waals surface area contributed by atoms with Crippen LogP contribution in [0.4, 0.5) is 17.1 Å². The summed E-state index contributed by atoms with van der Waals surface area (Å²) in [7, 11) is 0. The van der Waals surface area contributed by atoms with Crippen molar-refractivity contribution < 1.29 is 0 Å². The van der Waals surface area contributed by atoms with E-state index in [1.807, 2.05) is 11.3 Å². The minimum absolute atomic E-state index is 0.335. The molecule has 0 aliphatic carbocycles. The molecule has 0 saturated carbocycles. The molecule has 0 radical (unpaired) electrons. The summed E-state index contributed by atoms with van der Waals surface area (Å²) in [5.74, 6) is 0. The van der Waals surface area contributed by atoms with Gasteiger partial charge in [-0.3, -0.25) is 0 Å². The Morgan fingerprint density at radius 2 is 0.914 bits per heavy atom. The number of hydrogen-bond acceptors (Lipinski definition) is 2. The maximum Gasteiger partial charge on any atom is 0.0541 e. The van der Waals surface area contributed by atoms with E-state index < -0.39 is 0 Å². The van der Waals surface area contributed by atoms with E-state index in [2.05, 4.69) is 216 Å². The van der Waals surface area contributed by atoms with Gasteiger partial charge in [0, 0.05) is 21.2 Å². The maximum atomic E-state index is 2.41. The molecule has 0 unspecified atom stereocenters. The summed E-state index contributed by atoms with van der Waals surface area (Å²) in [6, 6.07) is 76.1. The summed E-state index contributed by atoms with van der Waals surface area (Å²) in [5.41, 5.74) is 11.9. The average molecular weight is 822 g/mol. The summed E-state index contributed by atoms with van der Waals surface area (Å²) in [6.45, 7) is 0. The van der Waals surface area contributed by atoms with Crippen LogP contribution in [-0.2, 0) is 0 Å². The van der Waals surface area contributed by atoms with Crippen LogP contribution in [0.15, 0.2) is 206 Å². The Hall–Kier alpha value is -6.68. The van der Waals surface area contributed by atoms with E-state index in [-0.39, 0.29) is 0 Å². The van der Waals surface area contributed by atoms with E-state index in [4.69, 9.17) is 0 Å². The van der Waals surface area contributed by atoms with E-state index in [0.717, 1.165) is 17.1 Å². The molecule has 3 heterocycles. The Kier molecular flexibility index (Phi) is 7.77. The summed E-state index contributed by atoms with van der Waals surface area (Å²) in [5, 5.41) is 7.90. The number of rotatable bonds is 6. The molecule has 272 valence electrons. The first-order valence-electron chi connectivity index (χ1n) is 19.7. The number of nitrogens with zero attached hydrogens (tertiary/aromatic N) is 2. The number of fused-ring (bicyclic) bond motifs is 9. The van der Waals surface area contributed by atoms with Gasteiger partial charge in [0.1, 0.15) is 0 Å². The third-order valence-electron chi connectivity index (χ3n) is 11.6. The standard InChI is InChI=1S/C54H34N2SSe/c1-2-10-39(11-3-1)56-49-15-7-4-12-43(49)47-32-37(23-30-50(47)56)35-18-24-40(25-19-35)55(42-28-31-52-48(34-42)44-13-5-8-16-51(44)57-52)41-26-20-36(21-27-41)38-22-29-46-45-14-6-9-17-53(45)58-54(46)33-38/h1-34H. The van der Waals surface area contributed by atoms with Gasteiger partial charge in [0.25, 0.3) is 0 Å². The van der Waals surface area contributed by atoms with Crippen molar-refractivity contribution in [3.63, 3.8) is 0 Å². The Balaban J connectivity index is 0.949. The molecular weight excluding hydrogens is 788 g/mol.